The Morgan fingerprint density at radius 1 is 1.38 bits per heavy atom. The van der Waals surface area contributed by atoms with Crippen LogP contribution in [0.2, 0.25) is 0 Å². The minimum absolute atomic E-state index is 0.139. The number of aromatic carboxylic acids is 1. The highest BCUT2D eigenvalue weighted by Crippen LogP contribution is 2.25. The van der Waals surface area contributed by atoms with Gasteiger partial charge in [0.1, 0.15) is 6.54 Å². The molecule has 2 N–H and O–H groups in total. The molecule has 0 aliphatic carbocycles. The standard InChI is InChI=1S/C12H14BrNO6S/c1-3-20-11(15)6-14-21(18,19)10-5-8(12(16)17)4-9(13)7(10)2/h4-5,14H,3,6H2,1-2H3,(H,16,17). The van der Waals surface area contributed by atoms with Crippen LogP contribution >= 0.6 is 15.9 Å². The first-order chi connectivity index (χ1) is 9.69. The molecule has 0 amide bonds. The fourth-order valence-electron chi connectivity index (χ4n) is 1.50. The molecule has 0 saturated carbocycles. The Morgan fingerprint density at radius 2 is 2.00 bits per heavy atom. The predicted molar refractivity (Wildman–Crippen MR) is 77.7 cm³/mol. The summed E-state index contributed by atoms with van der Waals surface area (Å²) in [5.74, 6) is -1.97. The zero-order valence-electron chi connectivity index (χ0n) is 11.3. The second-order valence-corrected chi connectivity index (χ2v) is 6.61. The molecule has 1 aromatic carbocycles. The number of benzene rings is 1. The number of nitrogens with one attached hydrogen (secondary N) is 1. The minimum atomic E-state index is -4.03. The van der Waals surface area contributed by atoms with Crippen LogP contribution in [0.1, 0.15) is 22.8 Å². The minimum Gasteiger partial charge on any atom is -0.478 e. The summed E-state index contributed by atoms with van der Waals surface area (Å²) >= 11 is 3.12. The molecule has 1 rings (SSSR count). The molecule has 9 heteroatoms. The number of rotatable bonds is 6. The van der Waals surface area contributed by atoms with E-state index in [4.69, 9.17) is 5.11 Å². The summed E-state index contributed by atoms with van der Waals surface area (Å²) in [5.41, 5.74) is 0.167. The van der Waals surface area contributed by atoms with Gasteiger partial charge in [-0.2, -0.15) is 4.72 Å². The molecule has 0 aliphatic rings. The van der Waals surface area contributed by atoms with Gasteiger partial charge in [-0.3, -0.25) is 4.79 Å². The van der Waals surface area contributed by atoms with Gasteiger partial charge in [0, 0.05) is 4.47 Å². The normalized spacial score (nSPS) is 11.2. The second-order valence-electron chi connectivity index (χ2n) is 4.02. The van der Waals surface area contributed by atoms with Crippen LogP contribution in [-0.2, 0) is 19.6 Å². The first kappa shape index (κ1) is 17.6. The van der Waals surface area contributed by atoms with Crippen molar-refractivity contribution in [1.82, 2.24) is 4.72 Å². The number of carbonyl (C=O) groups is 2. The van der Waals surface area contributed by atoms with Crippen molar-refractivity contribution in [2.75, 3.05) is 13.2 Å². The van der Waals surface area contributed by atoms with Gasteiger partial charge in [0.25, 0.3) is 0 Å². The quantitative estimate of drug-likeness (QED) is 0.720. The van der Waals surface area contributed by atoms with Crippen LogP contribution in [-0.4, -0.2) is 38.6 Å². The van der Waals surface area contributed by atoms with Crippen LogP contribution in [0, 0.1) is 6.92 Å². The number of sulfonamides is 1. The van der Waals surface area contributed by atoms with Gasteiger partial charge in [-0.25, -0.2) is 13.2 Å². The summed E-state index contributed by atoms with van der Waals surface area (Å²) in [6, 6.07) is 2.35. The van der Waals surface area contributed by atoms with E-state index in [9.17, 15) is 18.0 Å². The van der Waals surface area contributed by atoms with E-state index in [2.05, 4.69) is 25.4 Å². The Bertz CT molecular complexity index is 671. The first-order valence-corrected chi connectivity index (χ1v) is 8.15. The average Bonchev–Trinajstić information content (AvgIpc) is 2.39. The van der Waals surface area contributed by atoms with E-state index in [1.165, 1.54) is 13.0 Å². The van der Waals surface area contributed by atoms with Crippen molar-refractivity contribution >= 4 is 37.9 Å². The highest BCUT2D eigenvalue weighted by Gasteiger charge is 2.22. The molecule has 0 aliphatic heterocycles. The molecule has 7 nitrogen and oxygen atoms in total. The summed E-state index contributed by atoms with van der Waals surface area (Å²) in [5, 5.41) is 8.97. The van der Waals surface area contributed by atoms with Crippen LogP contribution in [0.3, 0.4) is 0 Å². The fraction of sp³-hybridized carbons (Fsp3) is 0.333. The van der Waals surface area contributed by atoms with E-state index in [0.717, 1.165) is 6.07 Å². The highest BCUT2D eigenvalue weighted by atomic mass is 79.9. The number of hydrogen-bond donors (Lipinski definition) is 2. The Balaban J connectivity index is 3.13. The van der Waals surface area contributed by atoms with Gasteiger partial charge in [-0.05, 0) is 31.5 Å². The van der Waals surface area contributed by atoms with Gasteiger partial charge in [-0.1, -0.05) is 15.9 Å². The van der Waals surface area contributed by atoms with Gasteiger partial charge >= 0.3 is 11.9 Å². The van der Waals surface area contributed by atoms with Crippen LogP contribution < -0.4 is 4.72 Å². The zero-order valence-corrected chi connectivity index (χ0v) is 13.7. The number of hydrogen-bond acceptors (Lipinski definition) is 5. The molecule has 0 bridgehead atoms. The summed E-state index contributed by atoms with van der Waals surface area (Å²) in [6.45, 7) is 2.74. The lowest BCUT2D eigenvalue weighted by Gasteiger charge is -2.11. The predicted octanol–water partition coefficient (Wildman–Crippen LogP) is 1.30. The monoisotopic (exact) mass is 379 g/mol. The molecule has 0 heterocycles. The van der Waals surface area contributed by atoms with E-state index in [0.29, 0.717) is 10.0 Å². The third-order valence-corrected chi connectivity index (χ3v) is 4.90. The highest BCUT2D eigenvalue weighted by molar-refractivity contribution is 9.10. The molecule has 0 fully saturated rings. The van der Waals surface area contributed by atoms with E-state index in [-0.39, 0.29) is 17.1 Å². The Labute approximate surface area is 130 Å². The first-order valence-electron chi connectivity index (χ1n) is 5.87. The molecule has 0 radical (unpaired) electrons. The number of carbonyl (C=O) groups excluding carboxylic acids is 1. The van der Waals surface area contributed by atoms with Crippen molar-refractivity contribution in [2.24, 2.45) is 0 Å². The van der Waals surface area contributed by atoms with Crippen LogP contribution in [0.5, 0.6) is 0 Å². The second kappa shape index (κ2) is 7.01. The van der Waals surface area contributed by atoms with Gasteiger partial charge in [-0.15, -0.1) is 0 Å². The smallest absolute Gasteiger partial charge is 0.335 e. The SMILES string of the molecule is CCOC(=O)CNS(=O)(=O)c1cc(C(=O)O)cc(Br)c1C. The Morgan fingerprint density at radius 3 is 2.52 bits per heavy atom. The van der Waals surface area contributed by atoms with Crippen molar-refractivity contribution in [1.29, 1.82) is 0 Å². The van der Waals surface area contributed by atoms with Crippen molar-refractivity contribution in [3.8, 4) is 0 Å². The molecule has 0 unspecified atom stereocenters. The summed E-state index contributed by atoms with van der Waals surface area (Å²) in [7, 11) is -4.03. The Hall–Kier alpha value is -1.45. The van der Waals surface area contributed by atoms with Gasteiger partial charge in [0.05, 0.1) is 17.1 Å². The topological polar surface area (TPSA) is 110 Å². The number of carboxylic acid groups (broad SMARTS) is 1. The zero-order chi connectivity index (χ0) is 16.2. The Kier molecular flexibility index (Phi) is 5.87. The van der Waals surface area contributed by atoms with Crippen molar-refractivity contribution in [2.45, 2.75) is 18.7 Å². The molecule has 0 aromatic heterocycles. The number of halogens is 1. The van der Waals surface area contributed by atoms with Crippen LogP contribution in [0.25, 0.3) is 0 Å². The summed E-state index contributed by atoms with van der Waals surface area (Å²) < 4.78 is 31.4. The van der Waals surface area contributed by atoms with Crippen molar-refractivity contribution in [3.63, 3.8) is 0 Å². The molecule has 1 aromatic rings. The van der Waals surface area contributed by atoms with Gasteiger partial charge < -0.3 is 9.84 Å². The molecule has 0 saturated heterocycles. The molecular weight excluding hydrogens is 366 g/mol. The molecule has 116 valence electrons. The number of esters is 1. The largest absolute Gasteiger partial charge is 0.478 e. The van der Waals surface area contributed by atoms with E-state index in [1.54, 1.807) is 6.92 Å². The van der Waals surface area contributed by atoms with Gasteiger partial charge in [0.15, 0.2) is 0 Å². The van der Waals surface area contributed by atoms with E-state index >= 15 is 0 Å². The summed E-state index contributed by atoms with van der Waals surface area (Å²) in [6.07, 6.45) is 0. The molecule has 0 spiro atoms. The van der Waals surface area contributed by atoms with Crippen LogP contribution in [0.15, 0.2) is 21.5 Å². The van der Waals surface area contributed by atoms with E-state index < -0.39 is 28.5 Å². The lowest BCUT2D eigenvalue weighted by molar-refractivity contribution is -0.141. The maximum Gasteiger partial charge on any atom is 0.335 e. The lowest BCUT2D eigenvalue weighted by atomic mass is 10.1. The van der Waals surface area contributed by atoms with Crippen LogP contribution in [0.4, 0.5) is 0 Å². The lowest BCUT2D eigenvalue weighted by Crippen LogP contribution is -2.31. The molecule has 0 atom stereocenters. The maximum absolute atomic E-state index is 12.2. The molecule has 21 heavy (non-hydrogen) atoms. The van der Waals surface area contributed by atoms with E-state index in [1.807, 2.05) is 0 Å². The maximum atomic E-state index is 12.2. The van der Waals surface area contributed by atoms with Crippen molar-refractivity contribution in [3.05, 3.63) is 27.7 Å². The van der Waals surface area contributed by atoms with Crippen molar-refractivity contribution < 1.29 is 27.9 Å². The molecular formula is C12H14BrNO6S. The van der Waals surface area contributed by atoms with Gasteiger partial charge in [0.2, 0.25) is 10.0 Å². The summed E-state index contributed by atoms with van der Waals surface area (Å²) in [4.78, 5) is 22.0. The number of carboxylic acids is 1. The third kappa shape index (κ3) is 4.51. The average molecular weight is 380 g/mol. The number of ether oxygens (including phenoxy) is 1. The fourth-order valence-corrected chi connectivity index (χ4v) is 3.35. The third-order valence-electron chi connectivity index (χ3n) is 2.54.